The van der Waals surface area contributed by atoms with E-state index in [1.165, 1.54) is 0 Å². The Balaban J connectivity index is 1.69. The van der Waals surface area contributed by atoms with Crippen LogP contribution in [-0.2, 0) is 11.8 Å². The minimum Gasteiger partial charge on any atom is -0.439 e. The van der Waals surface area contributed by atoms with Gasteiger partial charge in [-0.05, 0) is 54.5 Å². The fourth-order valence-corrected chi connectivity index (χ4v) is 5.19. The van der Waals surface area contributed by atoms with Gasteiger partial charge in [0.15, 0.2) is 22.4 Å². The highest BCUT2D eigenvalue weighted by Crippen LogP contribution is 2.48. The number of fused-ring (bicyclic) bond motifs is 2. The van der Waals surface area contributed by atoms with Gasteiger partial charge in [-0.2, -0.15) is 0 Å². The van der Waals surface area contributed by atoms with E-state index >= 15 is 0 Å². The highest BCUT2D eigenvalue weighted by atomic mass is 16.4. The summed E-state index contributed by atoms with van der Waals surface area (Å²) in [7, 11) is 0. The number of nitrogens with zero attached hydrogens (tertiary/aromatic N) is 5. The number of aryl methyl sites for hydroxylation is 1. The fraction of sp³-hybridized carbons (Fsp3) is 0.258. The number of rotatable bonds is 10. The molecule has 0 amide bonds. The lowest BCUT2D eigenvalue weighted by atomic mass is 9.74. The summed E-state index contributed by atoms with van der Waals surface area (Å²) in [6.07, 6.45) is 4.25. The third-order valence-electron chi connectivity index (χ3n) is 7.11. The van der Waals surface area contributed by atoms with Gasteiger partial charge in [0.1, 0.15) is 11.0 Å². The summed E-state index contributed by atoms with van der Waals surface area (Å²) in [4.78, 5) is 10.1. The van der Waals surface area contributed by atoms with Crippen molar-refractivity contribution in [3.05, 3.63) is 102 Å². The summed E-state index contributed by atoms with van der Waals surface area (Å²) in [5, 5.41) is 16.7. The molecular formula is C31H30N6O2. The van der Waals surface area contributed by atoms with Crippen LogP contribution in [0.2, 0.25) is 0 Å². The molecule has 39 heavy (non-hydrogen) atoms. The van der Waals surface area contributed by atoms with E-state index in [4.69, 9.17) is 18.8 Å². The number of unbranched alkanes of at least 4 members (excludes halogenated alkanes) is 2. The Morgan fingerprint density at radius 1 is 0.718 bits per heavy atom. The monoisotopic (exact) mass is 518 g/mol. The molecule has 6 rings (SSSR count). The van der Waals surface area contributed by atoms with Gasteiger partial charge in [0.05, 0.1) is 5.69 Å². The molecule has 0 saturated heterocycles. The smallest absolute Gasteiger partial charge is 0.215 e. The van der Waals surface area contributed by atoms with E-state index in [0.29, 0.717) is 41.6 Å². The highest BCUT2D eigenvalue weighted by molar-refractivity contribution is 5.75. The molecule has 0 aliphatic rings. The Kier molecular flexibility index (Phi) is 6.75. The molecule has 8 heteroatoms. The Hall–Kier alpha value is -4.59. The van der Waals surface area contributed by atoms with E-state index in [1.807, 2.05) is 78.9 Å². The number of benzene rings is 3. The van der Waals surface area contributed by atoms with Crippen molar-refractivity contribution in [1.29, 1.82) is 0 Å². The van der Waals surface area contributed by atoms with Crippen molar-refractivity contribution in [1.82, 2.24) is 25.4 Å². The molecule has 8 nitrogen and oxygen atoms in total. The number of hydrogen-bond acceptors (Lipinski definition) is 8. The van der Waals surface area contributed by atoms with Crippen LogP contribution >= 0.6 is 0 Å². The number of anilines is 2. The molecule has 0 spiro atoms. The SMILES string of the molecule is CCCCCC(c1nc2ccccc2o1)(c1nc2ccccc2o1)c1c(CC)nnnc1Nc1ccccc1. The largest absolute Gasteiger partial charge is 0.439 e. The lowest BCUT2D eigenvalue weighted by Gasteiger charge is -2.31. The minimum atomic E-state index is -1.00. The lowest BCUT2D eigenvalue weighted by molar-refractivity contribution is 0.331. The maximum absolute atomic E-state index is 6.56. The van der Waals surface area contributed by atoms with E-state index in [-0.39, 0.29) is 0 Å². The standard InChI is InChI=1S/C31H30N6O2/c1-3-5-13-20-31(29-33-23-16-9-11-18-25(23)38-29,30-34-24-17-10-12-19-26(24)39-30)27-22(4-2)35-37-36-28(27)32-21-14-7-6-8-15-21/h6-12,14-19H,3-5,13,20H2,1-2H3,(H,32,35,36). The fourth-order valence-electron chi connectivity index (χ4n) is 5.19. The maximum Gasteiger partial charge on any atom is 0.215 e. The van der Waals surface area contributed by atoms with Gasteiger partial charge >= 0.3 is 0 Å². The first-order valence-electron chi connectivity index (χ1n) is 13.5. The number of oxazole rings is 2. The summed E-state index contributed by atoms with van der Waals surface area (Å²) in [5.74, 6) is 1.59. The van der Waals surface area contributed by atoms with Crippen molar-refractivity contribution in [3.8, 4) is 0 Å². The molecule has 0 aliphatic heterocycles. The van der Waals surface area contributed by atoms with Crippen LogP contribution in [0.4, 0.5) is 11.5 Å². The van der Waals surface area contributed by atoms with Crippen molar-refractivity contribution in [2.24, 2.45) is 0 Å². The van der Waals surface area contributed by atoms with Crippen LogP contribution in [0, 0.1) is 0 Å². The van der Waals surface area contributed by atoms with Crippen LogP contribution in [0.15, 0.2) is 87.7 Å². The molecule has 196 valence electrons. The van der Waals surface area contributed by atoms with E-state index in [2.05, 4.69) is 34.6 Å². The maximum atomic E-state index is 6.56. The van der Waals surface area contributed by atoms with E-state index in [1.54, 1.807) is 0 Å². The number of para-hydroxylation sites is 5. The molecule has 0 fully saturated rings. The molecule has 0 radical (unpaired) electrons. The summed E-state index contributed by atoms with van der Waals surface area (Å²) < 4.78 is 13.1. The van der Waals surface area contributed by atoms with Gasteiger partial charge in [-0.1, -0.05) is 75.6 Å². The van der Waals surface area contributed by atoms with Gasteiger partial charge < -0.3 is 14.2 Å². The Labute approximate surface area is 226 Å². The lowest BCUT2D eigenvalue weighted by Crippen LogP contribution is -2.34. The van der Waals surface area contributed by atoms with Gasteiger partial charge in [-0.3, -0.25) is 0 Å². The van der Waals surface area contributed by atoms with Gasteiger partial charge in [-0.15, -0.1) is 10.2 Å². The van der Waals surface area contributed by atoms with Gasteiger partial charge in [0, 0.05) is 11.3 Å². The predicted molar refractivity (Wildman–Crippen MR) is 151 cm³/mol. The molecule has 3 aromatic carbocycles. The third-order valence-corrected chi connectivity index (χ3v) is 7.11. The van der Waals surface area contributed by atoms with Gasteiger partial charge in [0.25, 0.3) is 0 Å². The second-order valence-corrected chi connectivity index (χ2v) is 9.64. The topological polar surface area (TPSA) is 103 Å². The molecule has 6 aromatic rings. The second-order valence-electron chi connectivity index (χ2n) is 9.64. The second kappa shape index (κ2) is 10.6. The van der Waals surface area contributed by atoms with Crippen molar-refractivity contribution in [2.75, 3.05) is 5.32 Å². The molecule has 3 heterocycles. The summed E-state index contributed by atoms with van der Waals surface area (Å²) in [5.41, 5.74) is 4.44. The van der Waals surface area contributed by atoms with Crippen LogP contribution in [0.1, 0.15) is 62.6 Å². The summed E-state index contributed by atoms with van der Waals surface area (Å²) in [6, 6.07) is 25.5. The predicted octanol–water partition coefficient (Wildman–Crippen LogP) is 7.37. The molecule has 0 saturated carbocycles. The quantitative estimate of drug-likeness (QED) is 0.187. The third kappa shape index (κ3) is 4.52. The van der Waals surface area contributed by atoms with Crippen molar-refractivity contribution >= 4 is 33.7 Å². The van der Waals surface area contributed by atoms with Crippen molar-refractivity contribution in [3.63, 3.8) is 0 Å². The molecule has 0 bridgehead atoms. The molecule has 0 unspecified atom stereocenters. The number of nitrogens with one attached hydrogen (secondary N) is 1. The summed E-state index contributed by atoms with van der Waals surface area (Å²) >= 11 is 0. The first-order chi connectivity index (χ1) is 19.2. The van der Waals surface area contributed by atoms with Crippen LogP contribution in [0.25, 0.3) is 22.2 Å². The zero-order chi connectivity index (χ0) is 26.7. The van der Waals surface area contributed by atoms with Crippen molar-refractivity contribution < 1.29 is 8.83 Å². The van der Waals surface area contributed by atoms with E-state index < -0.39 is 5.41 Å². The molecule has 0 aliphatic carbocycles. The first-order valence-corrected chi connectivity index (χ1v) is 13.5. The zero-order valence-electron chi connectivity index (χ0n) is 22.1. The summed E-state index contributed by atoms with van der Waals surface area (Å²) in [6.45, 7) is 4.25. The van der Waals surface area contributed by atoms with Crippen LogP contribution in [-0.4, -0.2) is 25.4 Å². The Bertz CT molecular complexity index is 1570. The molecule has 1 N–H and O–H groups in total. The number of aromatic nitrogens is 5. The zero-order valence-corrected chi connectivity index (χ0v) is 22.1. The van der Waals surface area contributed by atoms with Crippen LogP contribution < -0.4 is 5.32 Å². The molecule has 3 aromatic heterocycles. The highest BCUT2D eigenvalue weighted by Gasteiger charge is 2.49. The van der Waals surface area contributed by atoms with Crippen molar-refractivity contribution in [2.45, 2.75) is 51.4 Å². The van der Waals surface area contributed by atoms with Gasteiger partial charge in [0.2, 0.25) is 11.8 Å². The van der Waals surface area contributed by atoms with E-state index in [9.17, 15) is 0 Å². The molecular weight excluding hydrogens is 488 g/mol. The van der Waals surface area contributed by atoms with E-state index in [0.717, 1.165) is 47.2 Å². The van der Waals surface area contributed by atoms with Crippen LogP contribution in [0.5, 0.6) is 0 Å². The average molecular weight is 519 g/mol. The average Bonchev–Trinajstić information content (AvgIpc) is 3.61. The Morgan fingerprint density at radius 2 is 1.33 bits per heavy atom. The minimum absolute atomic E-state index is 0.506. The Morgan fingerprint density at radius 3 is 1.92 bits per heavy atom. The first kappa shape index (κ1) is 24.7. The number of hydrogen-bond donors (Lipinski definition) is 1. The molecule has 0 atom stereocenters. The normalized spacial score (nSPS) is 11.8. The van der Waals surface area contributed by atoms with Crippen LogP contribution in [0.3, 0.4) is 0 Å². The van der Waals surface area contributed by atoms with Gasteiger partial charge in [-0.25, -0.2) is 9.97 Å².